The van der Waals surface area contributed by atoms with Gasteiger partial charge in [-0.25, -0.2) is 0 Å². The van der Waals surface area contributed by atoms with Crippen LogP contribution in [0.25, 0.3) is 0 Å². The quantitative estimate of drug-likeness (QED) is 0.461. The second kappa shape index (κ2) is 10.2. The Labute approximate surface area is 202 Å². The van der Waals surface area contributed by atoms with Crippen LogP contribution in [0, 0.1) is 3.57 Å². The molecule has 5 nitrogen and oxygen atoms in total. The smallest absolute Gasteiger partial charge is 0.255 e. The number of anilines is 2. The largest absolute Gasteiger partial charge is 0.368 e. The summed E-state index contributed by atoms with van der Waals surface area (Å²) in [7, 11) is 0. The number of amides is 2. The van der Waals surface area contributed by atoms with Crippen LogP contribution < -0.4 is 10.2 Å². The molecule has 3 aromatic carbocycles. The van der Waals surface area contributed by atoms with Gasteiger partial charge >= 0.3 is 0 Å². The third-order valence-electron chi connectivity index (χ3n) is 5.75. The molecule has 1 aliphatic heterocycles. The number of rotatable bonds is 5. The lowest BCUT2D eigenvalue weighted by atomic mass is 10.1. The van der Waals surface area contributed by atoms with Crippen molar-refractivity contribution >= 4 is 45.8 Å². The Morgan fingerprint density at radius 1 is 0.875 bits per heavy atom. The molecular weight excluding hydrogens is 513 g/mol. The van der Waals surface area contributed by atoms with E-state index in [4.69, 9.17) is 0 Å². The summed E-state index contributed by atoms with van der Waals surface area (Å²) >= 11 is 2.20. The molecule has 0 bridgehead atoms. The number of benzene rings is 3. The number of hydrogen-bond donors (Lipinski definition) is 1. The molecule has 0 radical (unpaired) electrons. The van der Waals surface area contributed by atoms with Crippen LogP contribution in [0.4, 0.5) is 11.4 Å². The first-order chi connectivity index (χ1) is 15.5. The highest BCUT2D eigenvalue weighted by Gasteiger charge is 2.22. The van der Waals surface area contributed by atoms with Crippen molar-refractivity contribution in [3.63, 3.8) is 0 Å². The molecular formula is C26H26IN3O2. The zero-order chi connectivity index (χ0) is 22.5. The highest BCUT2D eigenvalue weighted by Crippen LogP contribution is 2.21. The number of piperazine rings is 1. The van der Waals surface area contributed by atoms with E-state index in [9.17, 15) is 9.59 Å². The van der Waals surface area contributed by atoms with Crippen molar-refractivity contribution in [3.05, 3.63) is 93.1 Å². The van der Waals surface area contributed by atoms with Crippen molar-refractivity contribution in [2.75, 3.05) is 36.4 Å². The Morgan fingerprint density at radius 2 is 1.56 bits per heavy atom. The van der Waals surface area contributed by atoms with Gasteiger partial charge in [-0.05, 0) is 89.2 Å². The predicted octanol–water partition coefficient (Wildman–Crippen LogP) is 5.07. The van der Waals surface area contributed by atoms with E-state index in [0.717, 1.165) is 40.0 Å². The maximum absolute atomic E-state index is 12.8. The van der Waals surface area contributed by atoms with Crippen molar-refractivity contribution in [2.45, 2.75) is 13.3 Å². The molecule has 32 heavy (non-hydrogen) atoms. The third-order valence-corrected chi connectivity index (χ3v) is 6.42. The van der Waals surface area contributed by atoms with E-state index in [0.29, 0.717) is 18.7 Å². The van der Waals surface area contributed by atoms with E-state index in [1.54, 1.807) is 0 Å². The van der Waals surface area contributed by atoms with Crippen LogP contribution in [-0.4, -0.2) is 42.9 Å². The number of nitrogens with one attached hydrogen (secondary N) is 1. The Morgan fingerprint density at radius 3 is 2.19 bits per heavy atom. The summed E-state index contributed by atoms with van der Waals surface area (Å²) in [4.78, 5) is 29.4. The molecule has 0 unspecified atom stereocenters. The maximum Gasteiger partial charge on any atom is 0.255 e. The molecule has 0 atom stereocenters. The molecule has 0 saturated carbocycles. The van der Waals surface area contributed by atoms with Gasteiger partial charge in [-0.3, -0.25) is 9.59 Å². The SMILES string of the molecule is CCc1ccc(C(=O)N2CCN(c3ccc(NC(=O)c4cccc(I)c4)cc3)CC2)cc1. The van der Waals surface area contributed by atoms with Gasteiger partial charge in [0.15, 0.2) is 0 Å². The lowest BCUT2D eigenvalue weighted by Crippen LogP contribution is -2.48. The van der Waals surface area contributed by atoms with E-state index in [2.05, 4.69) is 39.7 Å². The summed E-state index contributed by atoms with van der Waals surface area (Å²) in [6, 6.07) is 23.3. The molecule has 164 valence electrons. The van der Waals surface area contributed by atoms with Crippen LogP contribution in [0.1, 0.15) is 33.2 Å². The lowest BCUT2D eigenvalue weighted by molar-refractivity contribution is 0.0746. The molecule has 1 N–H and O–H groups in total. The van der Waals surface area contributed by atoms with E-state index in [1.165, 1.54) is 5.56 Å². The summed E-state index contributed by atoms with van der Waals surface area (Å²) in [6.07, 6.45) is 0.973. The third kappa shape index (κ3) is 5.30. The lowest BCUT2D eigenvalue weighted by Gasteiger charge is -2.36. The van der Waals surface area contributed by atoms with Crippen molar-refractivity contribution in [3.8, 4) is 0 Å². The van der Waals surface area contributed by atoms with Gasteiger partial charge < -0.3 is 15.1 Å². The molecule has 1 fully saturated rings. The fraction of sp³-hybridized carbons (Fsp3) is 0.231. The highest BCUT2D eigenvalue weighted by atomic mass is 127. The fourth-order valence-electron chi connectivity index (χ4n) is 3.82. The monoisotopic (exact) mass is 539 g/mol. The molecule has 1 aliphatic rings. The van der Waals surface area contributed by atoms with Gasteiger partial charge in [0.2, 0.25) is 0 Å². The minimum absolute atomic E-state index is 0.0981. The molecule has 6 heteroatoms. The number of halogens is 1. The number of carbonyl (C=O) groups is 2. The topological polar surface area (TPSA) is 52.7 Å². The maximum atomic E-state index is 12.8. The van der Waals surface area contributed by atoms with Gasteiger partial charge in [0.05, 0.1) is 0 Å². The molecule has 0 aromatic heterocycles. The zero-order valence-corrected chi connectivity index (χ0v) is 20.2. The van der Waals surface area contributed by atoms with Crippen LogP contribution in [0.2, 0.25) is 0 Å². The Balaban J connectivity index is 1.32. The van der Waals surface area contributed by atoms with Crippen molar-refractivity contribution in [1.82, 2.24) is 4.90 Å². The minimum Gasteiger partial charge on any atom is -0.368 e. The molecule has 1 saturated heterocycles. The molecule has 2 amide bonds. The first-order valence-electron chi connectivity index (χ1n) is 10.8. The van der Waals surface area contributed by atoms with Crippen LogP contribution in [-0.2, 0) is 6.42 Å². The molecule has 4 rings (SSSR count). The van der Waals surface area contributed by atoms with E-state index in [1.807, 2.05) is 77.7 Å². The summed E-state index contributed by atoms with van der Waals surface area (Å²) in [6.45, 7) is 5.07. The molecule has 0 aliphatic carbocycles. The van der Waals surface area contributed by atoms with Gasteiger partial charge in [-0.2, -0.15) is 0 Å². The van der Waals surface area contributed by atoms with Gasteiger partial charge in [0.25, 0.3) is 11.8 Å². The summed E-state index contributed by atoms with van der Waals surface area (Å²) in [5, 5.41) is 2.95. The zero-order valence-electron chi connectivity index (χ0n) is 18.1. The summed E-state index contributed by atoms with van der Waals surface area (Å²) in [5.74, 6) is -0.0173. The second-order valence-corrected chi connectivity index (χ2v) is 9.09. The molecule has 0 spiro atoms. The normalized spacial score (nSPS) is 13.7. The standard InChI is InChI=1S/C26H26IN3O2/c1-2-19-6-8-20(9-7-19)26(32)30-16-14-29(15-17-30)24-12-10-23(11-13-24)28-25(31)21-4-3-5-22(27)18-21/h3-13,18H,2,14-17H2,1H3,(H,28,31). The van der Waals surface area contributed by atoms with Gasteiger partial charge in [-0.15, -0.1) is 0 Å². The van der Waals surface area contributed by atoms with Crippen LogP contribution in [0.5, 0.6) is 0 Å². The van der Waals surface area contributed by atoms with Gasteiger partial charge in [0.1, 0.15) is 0 Å². The minimum atomic E-state index is -0.115. The Kier molecular flexibility index (Phi) is 7.09. The van der Waals surface area contributed by atoms with Gasteiger partial charge in [-0.1, -0.05) is 25.1 Å². The van der Waals surface area contributed by atoms with Crippen LogP contribution in [0.15, 0.2) is 72.8 Å². The highest BCUT2D eigenvalue weighted by molar-refractivity contribution is 14.1. The number of carbonyl (C=O) groups excluding carboxylic acids is 2. The second-order valence-electron chi connectivity index (χ2n) is 7.84. The molecule has 3 aromatic rings. The predicted molar refractivity (Wildman–Crippen MR) is 137 cm³/mol. The average Bonchev–Trinajstić information content (AvgIpc) is 2.84. The Bertz CT molecular complexity index is 1090. The number of nitrogens with zero attached hydrogens (tertiary/aromatic N) is 2. The first kappa shape index (κ1) is 22.3. The van der Waals surface area contributed by atoms with E-state index in [-0.39, 0.29) is 11.8 Å². The van der Waals surface area contributed by atoms with Crippen LogP contribution >= 0.6 is 22.6 Å². The van der Waals surface area contributed by atoms with Crippen molar-refractivity contribution in [1.29, 1.82) is 0 Å². The van der Waals surface area contributed by atoms with Crippen molar-refractivity contribution < 1.29 is 9.59 Å². The summed E-state index contributed by atoms with van der Waals surface area (Å²) in [5.41, 5.74) is 4.50. The first-order valence-corrected chi connectivity index (χ1v) is 11.9. The Hall–Kier alpha value is -2.87. The van der Waals surface area contributed by atoms with Gasteiger partial charge in [0, 0.05) is 52.3 Å². The fourth-order valence-corrected chi connectivity index (χ4v) is 4.37. The average molecular weight is 539 g/mol. The number of hydrogen-bond acceptors (Lipinski definition) is 3. The van der Waals surface area contributed by atoms with E-state index < -0.39 is 0 Å². The van der Waals surface area contributed by atoms with Crippen LogP contribution in [0.3, 0.4) is 0 Å². The molecule has 1 heterocycles. The van der Waals surface area contributed by atoms with E-state index >= 15 is 0 Å². The number of aryl methyl sites for hydroxylation is 1. The summed E-state index contributed by atoms with van der Waals surface area (Å²) < 4.78 is 1.03. The van der Waals surface area contributed by atoms with Crippen molar-refractivity contribution in [2.24, 2.45) is 0 Å².